The van der Waals surface area contributed by atoms with E-state index in [1.807, 2.05) is 0 Å². The second-order valence-corrected chi connectivity index (χ2v) is 2.32. The van der Waals surface area contributed by atoms with E-state index in [9.17, 15) is 10.1 Å². The lowest BCUT2D eigenvalue weighted by molar-refractivity contribution is -0.389. The van der Waals surface area contributed by atoms with Crippen molar-refractivity contribution in [1.29, 1.82) is 5.26 Å². The van der Waals surface area contributed by atoms with E-state index < -0.39 is 10.7 Å². The predicted molar refractivity (Wildman–Crippen MR) is 39.5 cm³/mol. The van der Waals surface area contributed by atoms with Crippen molar-refractivity contribution in [1.82, 2.24) is 9.78 Å². The maximum atomic E-state index is 10.2. The van der Waals surface area contributed by atoms with E-state index in [0.717, 1.165) is 4.68 Å². The molecule has 6 nitrogen and oxygen atoms in total. The summed E-state index contributed by atoms with van der Waals surface area (Å²) in [6, 6.07) is 1.78. The van der Waals surface area contributed by atoms with Crippen LogP contribution in [0.15, 0.2) is 6.20 Å². The Morgan fingerprint density at radius 2 is 2.58 bits per heavy atom. The van der Waals surface area contributed by atoms with Gasteiger partial charge in [-0.15, -0.1) is 0 Å². The highest BCUT2D eigenvalue weighted by molar-refractivity contribution is 6.32. The summed E-state index contributed by atoms with van der Waals surface area (Å²) in [7, 11) is 0. The molecule has 0 bridgehead atoms. The van der Waals surface area contributed by atoms with Crippen molar-refractivity contribution in [2.75, 3.05) is 0 Å². The first-order valence-electron chi connectivity index (χ1n) is 2.89. The van der Waals surface area contributed by atoms with Gasteiger partial charge in [-0.05, 0) is 4.92 Å². The van der Waals surface area contributed by atoms with Gasteiger partial charge in [0.2, 0.25) is 0 Å². The van der Waals surface area contributed by atoms with Crippen LogP contribution in [0.4, 0.5) is 5.82 Å². The molecule has 1 heterocycles. The molecule has 0 spiro atoms. The van der Waals surface area contributed by atoms with Crippen molar-refractivity contribution >= 4 is 17.4 Å². The highest BCUT2D eigenvalue weighted by atomic mass is 35.5. The average molecular weight is 187 g/mol. The zero-order valence-electron chi connectivity index (χ0n) is 5.77. The average Bonchev–Trinajstić information content (AvgIpc) is 2.32. The molecular weight excluding hydrogens is 184 g/mol. The summed E-state index contributed by atoms with van der Waals surface area (Å²) in [5, 5.41) is 21.8. The Bertz CT molecular complexity index is 353. The molecular formula is C5H3ClN4O2. The van der Waals surface area contributed by atoms with Crippen LogP contribution in [0.3, 0.4) is 0 Å². The van der Waals surface area contributed by atoms with Gasteiger partial charge in [-0.3, -0.25) is 0 Å². The molecule has 0 atom stereocenters. The number of aromatic nitrogens is 2. The molecule has 0 aliphatic heterocycles. The van der Waals surface area contributed by atoms with Crippen LogP contribution in [0.1, 0.15) is 0 Å². The summed E-state index contributed by atoms with van der Waals surface area (Å²) in [4.78, 5) is 9.50. The van der Waals surface area contributed by atoms with Gasteiger partial charge in [0.25, 0.3) is 0 Å². The van der Waals surface area contributed by atoms with Gasteiger partial charge < -0.3 is 10.1 Å². The zero-order valence-corrected chi connectivity index (χ0v) is 6.52. The van der Waals surface area contributed by atoms with Crippen LogP contribution in [0, 0.1) is 21.4 Å². The molecule has 0 saturated carbocycles. The second kappa shape index (κ2) is 3.19. The fourth-order valence-corrected chi connectivity index (χ4v) is 0.883. The first-order chi connectivity index (χ1) is 5.65. The molecule has 0 amide bonds. The van der Waals surface area contributed by atoms with Crippen LogP contribution in [0.25, 0.3) is 0 Å². The lowest BCUT2D eigenvalue weighted by atomic mass is 10.6. The summed E-state index contributed by atoms with van der Waals surface area (Å²) in [6.45, 7) is -0.0481. The molecule has 1 aromatic rings. The first-order valence-corrected chi connectivity index (χ1v) is 3.27. The fraction of sp³-hybridized carbons (Fsp3) is 0.200. The molecule has 62 valence electrons. The number of nitro groups is 1. The van der Waals surface area contributed by atoms with Crippen molar-refractivity contribution in [3.05, 3.63) is 21.3 Å². The Morgan fingerprint density at radius 1 is 1.92 bits per heavy atom. The smallest absolute Gasteiger partial charge is 0.358 e. The molecule has 7 heteroatoms. The van der Waals surface area contributed by atoms with E-state index in [1.54, 1.807) is 6.07 Å². The van der Waals surface area contributed by atoms with Gasteiger partial charge >= 0.3 is 5.82 Å². The van der Waals surface area contributed by atoms with Crippen molar-refractivity contribution in [3.8, 4) is 6.07 Å². The quantitative estimate of drug-likeness (QED) is 0.509. The summed E-state index contributed by atoms with van der Waals surface area (Å²) in [5.41, 5.74) is 0. The summed E-state index contributed by atoms with van der Waals surface area (Å²) in [6.07, 6.45) is 1.24. The molecule has 1 rings (SSSR count). The summed E-state index contributed by atoms with van der Waals surface area (Å²) >= 11 is 5.44. The number of halogens is 1. The van der Waals surface area contributed by atoms with Gasteiger partial charge in [0, 0.05) is 0 Å². The maximum Gasteiger partial charge on any atom is 0.408 e. The van der Waals surface area contributed by atoms with Crippen LogP contribution < -0.4 is 0 Å². The number of nitrogens with zero attached hydrogens (tertiary/aromatic N) is 4. The van der Waals surface area contributed by atoms with Crippen LogP contribution in [0.2, 0.25) is 5.02 Å². The molecule has 0 aliphatic carbocycles. The van der Waals surface area contributed by atoms with Crippen LogP contribution in [0.5, 0.6) is 0 Å². The maximum absolute atomic E-state index is 10.2. The Labute approximate surface area is 72.1 Å². The third kappa shape index (κ3) is 1.52. The molecule has 0 aromatic carbocycles. The van der Waals surface area contributed by atoms with Crippen LogP contribution in [-0.4, -0.2) is 14.7 Å². The van der Waals surface area contributed by atoms with Crippen LogP contribution in [-0.2, 0) is 6.54 Å². The summed E-state index contributed by atoms with van der Waals surface area (Å²) < 4.78 is 1.11. The largest absolute Gasteiger partial charge is 0.408 e. The first kappa shape index (κ1) is 8.49. The van der Waals surface area contributed by atoms with Crippen molar-refractivity contribution in [2.45, 2.75) is 6.54 Å². The third-order valence-corrected chi connectivity index (χ3v) is 1.37. The lowest BCUT2D eigenvalue weighted by Crippen LogP contribution is -1.97. The van der Waals surface area contributed by atoms with Gasteiger partial charge in [-0.1, -0.05) is 11.6 Å². The number of nitriles is 1. The normalized spacial score (nSPS) is 9.33. The highest BCUT2D eigenvalue weighted by Gasteiger charge is 2.18. The van der Waals surface area contributed by atoms with Gasteiger partial charge in [0.05, 0.1) is 17.4 Å². The minimum Gasteiger partial charge on any atom is -0.358 e. The zero-order chi connectivity index (χ0) is 9.14. The van der Waals surface area contributed by atoms with E-state index >= 15 is 0 Å². The predicted octanol–water partition coefficient (Wildman–Crippen LogP) is 0.968. The Kier molecular flexibility index (Phi) is 2.26. The van der Waals surface area contributed by atoms with Crippen molar-refractivity contribution in [3.63, 3.8) is 0 Å². The molecule has 12 heavy (non-hydrogen) atoms. The summed E-state index contributed by atoms with van der Waals surface area (Å²) in [5.74, 6) is -0.424. The topological polar surface area (TPSA) is 84.8 Å². The minimum atomic E-state index is -0.698. The van der Waals surface area contributed by atoms with Gasteiger partial charge in [0.15, 0.2) is 5.02 Å². The van der Waals surface area contributed by atoms with Crippen molar-refractivity contribution in [2.24, 2.45) is 0 Å². The molecule has 0 aliphatic rings. The Balaban J connectivity index is 3.02. The van der Waals surface area contributed by atoms with E-state index in [0.29, 0.717) is 0 Å². The molecule has 1 aromatic heterocycles. The fourth-order valence-electron chi connectivity index (χ4n) is 0.664. The monoisotopic (exact) mass is 186 g/mol. The molecule has 0 unspecified atom stereocenters. The van der Waals surface area contributed by atoms with Gasteiger partial charge in [-0.2, -0.15) is 9.94 Å². The van der Waals surface area contributed by atoms with Crippen LogP contribution >= 0.6 is 11.6 Å². The number of hydrogen-bond acceptors (Lipinski definition) is 4. The molecule has 0 fully saturated rings. The van der Waals surface area contributed by atoms with Crippen molar-refractivity contribution < 1.29 is 4.92 Å². The number of rotatable bonds is 2. The van der Waals surface area contributed by atoms with E-state index in [4.69, 9.17) is 16.9 Å². The molecule has 0 saturated heterocycles. The lowest BCUT2D eigenvalue weighted by Gasteiger charge is -1.84. The standard InChI is InChI=1S/C5H3ClN4O2/c6-4-3-9(2-1-7)8-5(4)10(11)12/h3H,2H2. The van der Waals surface area contributed by atoms with E-state index in [-0.39, 0.29) is 11.6 Å². The number of hydrogen-bond donors (Lipinski definition) is 0. The third-order valence-electron chi connectivity index (χ3n) is 1.10. The second-order valence-electron chi connectivity index (χ2n) is 1.91. The Morgan fingerprint density at radius 3 is 3.00 bits per heavy atom. The Hall–Kier alpha value is -1.61. The van der Waals surface area contributed by atoms with E-state index in [1.165, 1.54) is 6.20 Å². The minimum absolute atomic E-state index is 0.0481. The van der Waals surface area contributed by atoms with E-state index in [2.05, 4.69) is 5.10 Å². The van der Waals surface area contributed by atoms with Gasteiger partial charge in [-0.25, -0.2) is 0 Å². The highest BCUT2D eigenvalue weighted by Crippen LogP contribution is 2.20. The molecule has 0 N–H and O–H groups in total. The SMILES string of the molecule is N#CCn1cc(Cl)c([N+](=O)[O-])n1. The molecule has 0 radical (unpaired) electrons. The van der Waals surface area contributed by atoms with Gasteiger partial charge in [0.1, 0.15) is 6.54 Å².